The van der Waals surface area contributed by atoms with E-state index in [0.717, 1.165) is 12.0 Å². The molecule has 1 radical (unpaired) electrons. The standard InChI is InChI=1S/C16H12NO4/c1-2-11-6-8-12(9-7-11)16(19)14-5-3-4-13(10-18)15(14)17(20)21/h3-9H,2H2,1H3. The number of nitrogens with zero attached hydrogens (tertiary/aromatic N) is 1. The van der Waals surface area contributed by atoms with Crippen molar-refractivity contribution in [3.8, 4) is 0 Å². The summed E-state index contributed by atoms with van der Waals surface area (Å²) in [5.41, 5.74) is 0.576. The van der Waals surface area contributed by atoms with Gasteiger partial charge in [-0.15, -0.1) is 0 Å². The molecule has 0 saturated carbocycles. The minimum Gasteiger partial charge on any atom is -0.288 e. The average molecular weight is 282 g/mol. The van der Waals surface area contributed by atoms with Gasteiger partial charge in [0.25, 0.3) is 5.69 Å². The van der Waals surface area contributed by atoms with Crippen LogP contribution in [-0.4, -0.2) is 17.0 Å². The lowest BCUT2D eigenvalue weighted by atomic mass is 9.98. The first-order valence-electron chi connectivity index (χ1n) is 6.37. The molecule has 0 bridgehead atoms. The fourth-order valence-corrected chi connectivity index (χ4v) is 2.05. The molecule has 21 heavy (non-hydrogen) atoms. The van der Waals surface area contributed by atoms with Crippen LogP contribution in [0.5, 0.6) is 0 Å². The highest BCUT2D eigenvalue weighted by atomic mass is 16.6. The Bertz CT molecular complexity index is 705. The van der Waals surface area contributed by atoms with Crippen LogP contribution in [0.3, 0.4) is 0 Å². The number of hydrogen-bond acceptors (Lipinski definition) is 4. The molecule has 105 valence electrons. The monoisotopic (exact) mass is 282 g/mol. The molecule has 0 N–H and O–H groups in total. The van der Waals surface area contributed by atoms with E-state index in [1.54, 1.807) is 24.3 Å². The van der Waals surface area contributed by atoms with E-state index < -0.39 is 16.4 Å². The van der Waals surface area contributed by atoms with E-state index in [9.17, 15) is 19.7 Å². The van der Waals surface area contributed by atoms with Gasteiger partial charge >= 0.3 is 0 Å². The van der Waals surface area contributed by atoms with E-state index in [4.69, 9.17) is 0 Å². The van der Waals surface area contributed by atoms with Gasteiger partial charge in [-0.25, -0.2) is 0 Å². The fourth-order valence-electron chi connectivity index (χ4n) is 2.05. The second-order valence-electron chi connectivity index (χ2n) is 4.44. The van der Waals surface area contributed by atoms with Gasteiger partial charge in [-0.3, -0.25) is 19.7 Å². The van der Waals surface area contributed by atoms with E-state index in [1.165, 1.54) is 24.5 Å². The summed E-state index contributed by atoms with van der Waals surface area (Å²) in [7, 11) is 0. The lowest BCUT2D eigenvalue weighted by Crippen LogP contribution is -2.07. The minimum atomic E-state index is -0.728. The molecule has 2 rings (SSSR count). The maximum atomic E-state index is 12.4. The van der Waals surface area contributed by atoms with Crippen LogP contribution in [-0.2, 0) is 11.2 Å². The van der Waals surface area contributed by atoms with Crippen molar-refractivity contribution < 1.29 is 14.5 Å². The van der Waals surface area contributed by atoms with Crippen molar-refractivity contribution in [2.24, 2.45) is 0 Å². The summed E-state index contributed by atoms with van der Waals surface area (Å²) in [5.74, 6) is -0.485. The number of carbonyl (C=O) groups is 1. The maximum absolute atomic E-state index is 12.4. The highest BCUT2D eigenvalue weighted by molar-refractivity contribution is 6.12. The van der Waals surface area contributed by atoms with Crippen LogP contribution in [0.25, 0.3) is 0 Å². The Balaban J connectivity index is 2.52. The summed E-state index contributed by atoms with van der Waals surface area (Å²) in [6.45, 7) is 1.99. The van der Waals surface area contributed by atoms with Crippen LogP contribution in [0.4, 0.5) is 5.69 Å². The third-order valence-corrected chi connectivity index (χ3v) is 3.20. The first-order valence-corrected chi connectivity index (χ1v) is 6.37. The van der Waals surface area contributed by atoms with Crippen LogP contribution < -0.4 is 0 Å². The van der Waals surface area contributed by atoms with Crippen molar-refractivity contribution in [3.63, 3.8) is 0 Å². The predicted molar refractivity (Wildman–Crippen MR) is 77.1 cm³/mol. The number of rotatable bonds is 5. The van der Waals surface area contributed by atoms with Crippen LogP contribution in [0, 0.1) is 10.1 Å². The Labute approximate surface area is 121 Å². The topological polar surface area (TPSA) is 77.3 Å². The normalized spacial score (nSPS) is 10.1. The van der Waals surface area contributed by atoms with Crippen LogP contribution >= 0.6 is 0 Å². The number of hydrogen-bond donors (Lipinski definition) is 0. The van der Waals surface area contributed by atoms with Gasteiger partial charge in [-0.2, -0.15) is 0 Å². The van der Waals surface area contributed by atoms with Gasteiger partial charge in [0.2, 0.25) is 6.29 Å². The molecule has 0 aliphatic carbocycles. The Morgan fingerprint density at radius 2 is 1.86 bits per heavy atom. The molecule has 0 heterocycles. The molecule has 0 aliphatic rings. The molecular weight excluding hydrogens is 270 g/mol. The third-order valence-electron chi connectivity index (χ3n) is 3.20. The summed E-state index contributed by atoms with van der Waals surface area (Å²) in [6, 6.07) is 10.9. The lowest BCUT2D eigenvalue weighted by Gasteiger charge is -2.05. The van der Waals surface area contributed by atoms with Crippen LogP contribution in [0.15, 0.2) is 42.5 Å². The summed E-state index contributed by atoms with van der Waals surface area (Å²) < 4.78 is 0. The molecule has 0 atom stereocenters. The van der Waals surface area contributed by atoms with Crippen molar-refractivity contribution in [1.82, 2.24) is 0 Å². The zero-order valence-electron chi connectivity index (χ0n) is 11.3. The molecule has 0 unspecified atom stereocenters. The van der Waals surface area contributed by atoms with Crippen molar-refractivity contribution in [3.05, 3.63) is 74.8 Å². The van der Waals surface area contributed by atoms with Crippen molar-refractivity contribution in [2.75, 3.05) is 0 Å². The number of nitro benzene ring substituents is 1. The number of aryl methyl sites for hydroxylation is 1. The van der Waals surface area contributed by atoms with Gasteiger partial charge in [-0.05, 0) is 24.1 Å². The Morgan fingerprint density at radius 3 is 2.38 bits per heavy atom. The van der Waals surface area contributed by atoms with Gasteiger partial charge in [-0.1, -0.05) is 37.3 Å². The minimum absolute atomic E-state index is 0.106. The number of nitro groups is 1. The summed E-state index contributed by atoms with van der Waals surface area (Å²) in [6.07, 6.45) is 2.34. The molecule has 2 aromatic rings. The first-order chi connectivity index (χ1) is 10.1. The number of benzene rings is 2. The molecule has 0 amide bonds. The SMILES string of the molecule is CCc1ccc(C(=O)c2cccc([C]=O)c2[N+](=O)[O-])cc1. The number of carbonyl (C=O) groups excluding carboxylic acids is 2. The van der Waals surface area contributed by atoms with Gasteiger partial charge in [0.1, 0.15) is 11.1 Å². The van der Waals surface area contributed by atoms with Crippen LogP contribution in [0.2, 0.25) is 0 Å². The summed E-state index contributed by atoms with van der Waals surface area (Å²) >= 11 is 0. The van der Waals surface area contributed by atoms with E-state index in [0.29, 0.717) is 5.56 Å². The molecule has 5 nitrogen and oxygen atoms in total. The molecule has 0 saturated heterocycles. The van der Waals surface area contributed by atoms with Crippen molar-refractivity contribution in [1.29, 1.82) is 0 Å². The molecule has 0 aromatic heterocycles. The second-order valence-corrected chi connectivity index (χ2v) is 4.44. The Hall–Kier alpha value is -2.82. The predicted octanol–water partition coefficient (Wildman–Crippen LogP) is 2.85. The van der Waals surface area contributed by atoms with E-state index in [-0.39, 0.29) is 11.1 Å². The first kappa shape index (κ1) is 14.6. The van der Waals surface area contributed by atoms with E-state index in [2.05, 4.69) is 0 Å². The number of para-hydroxylation sites is 1. The summed E-state index contributed by atoms with van der Waals surface area (Å²) in [5, 5.41) is 11.1. The van der Waals surface area contributed by atoms with Gasteiger partial charge in [0.05, 0.1) is 4.92 Å². The fraction of sp³-hybridized carbons (Fsp3) is 0.125. The summed E-state index contributed by atoms with van der Waals surface area (Å²) in [4.78, 5) is 33.6. The molecule has 0 fully saturated rings. The molecule has 0 spiro atoms. The van der Waals surface area contributed by atoms with Crippen molar-refractivity contribution >= 4 is 17.8 Å². The van der Waals surface area contributed by atoms with Crippen molar-refractivity contribution in [2.45, 2.75) is 13.3 Å². The Kier molecular flexibility index (Phi) is 4.23. The zero-order valence-corrected chi connectivity index (χ0v) is 11.3. The zero-order chi connectivity index (χ0) is 15.4. The largest absolute Gasteiger partial charge is 0.291 e. The highest BCUT2D eigenvalue weighted by Gasteiger charge is 2.25. The highest BCUT2D eigenvalue weighted by Crippen LogP contribution is 2.25. The quantitative estimate of drug-likeness (QED) is 0.480. The second kappa shape index (κ2) is 6.09. The van der Waals surface area contributed by atoms with Gasteiger partial charge < -0.3 is 0 Å². The third kappa shape index (κ3) is 2.86. The van der Waals surface area contributed by atoms with Gasteiger partial charge in [0.15, 0.2) is 5.78 Å². The van der Waals surface area contributed by atoms with Gasteiger partial charge in [0, 0.05) is 5.56 Å². The van der Waals surface area contributed by atoms with Crippen LogP contribution in [0.1, 0.15) is 34.0 Å². The molecule has 2 aromatic carbocycles. The molecular formula is C16H12NO4. The average Bonchev–Trinajstić information content (AvgIpc) is 2.53. The van der Waals surface area contributed by atoms with E-state index in [1.807, 2.05) is 6.92 Å². The number of ketones is 1. The lowest BCUT2D eigenvalue weighted by molar-refractivity contribution is -0.385. The maximum Gasteiger partial charge on any atom is 0.291 e. The Morgan fingerprint density at radius 1 is 1.19 bits per heavy atom. The molecule has 5 heteroatoms. The molecule has 0 aliphatic heterocycles. The van der Waals surface area contributed by atoms with E-state index >= 15 is 0 Å². The smallest absolute Gasteiger partial charge is 0.288 e.